The van der Waals surface area contributed by atoms with E-state index < -0.39 is 10.0 Å². The molecule has 198 valence electrons. The van der Waals surface area contributed by atoms with E-state index in [4.69, 9.17) is 0 Å². The number of para-hydroxylation sites is 1. The molecule has 1 atom stereocenters. The number of carbonyl (C=O) groups excluding carboxylic acids is 2. The third-order valence-corrected chi connectivity index (χ3v) is 9.73. The van der Waals surface area contributed by atoms with E-state index in [0.29, 0.717) is 64.2 Å². The van der Waals surface area contributed by atoms with Gasteiger partial charge in [-0.15, -0.1) is 0 Å². The summed E-state index contributed by atoms with van der Waals surface area (Å²) in [6, 6.07) is 11.7. The van der Waals surface area contributed by atoms with E-state index in [-0.39, 0.29) is 34.5 Å². The van der Waals surface area contributed by atoms with Crippen LogP contribution >= 0.6 is 0 Å². The zero-order valence-electron chi connectivity index (χ0n) is 21.3. The van der Waals surface area contributed by atoms with Crippen LogP contribution in [0.5, 0.6) is 0 Å². The van der Waals surface area contributed by atoms with Crippen LogP contribution in [0.15, 0.2) is 47.4 Å². The number of rotatable bonds is 4. The number of piperazine rings is 1. The van der Waals surface area contributed by atoms with Crippen molar-refractivity contribution in [1.82, 2.24) is 9.21 Å². The first-order chi connectivity index (χ1) is 17.7. The Morgan fingerprint density at radius 2 is 1.59 bits per heavy atom. The van der Waals surface area contributed by atoms with E-state index in [2.05, 4.69) is 0 Å². The van der Waals surface area contributed by atoms with Gasteiger partial charge in [0.2, 0.25) is 21.8 Å². The van der Waals surface area contributed by atoms with Gasteiger partial charge in [-0.2, -0.15) is 4.31 Å². The topological polar surface area (TPSA) is 81.2 Å². The molecule has 0 unspecified atom stereocenters. The molecule has 37 heavy (non-hydrogen) atoms. The summed E-state index contributed by atoms with van der Waals surface area (Å²) in [4.78, 5) is 30.9. The van der Waals surface area contributed by atoms with Gasteiger partial charge in [0.15, 0.2) is 0 Å². The standard InChI is InChI=1S/C27H33FN4O4S/c1-19-17-22-18-23(7-8-25(22)32(19)20(2)33)37(35,36)31-11-9-21(10-12-31)27(34)30-15-13-29(14-16-30)26-6-4-3-5-24(26)28/h3-8,18-19,21H,9-17H2,1-2H3/t19-/m1/s1. The molecule has 0 radical (unpaired) electrons. The maximum Gasteiger partial charge on any atom is 0.243 e. The van der Waals surface area contributed by atoms with E-state index in [1.807, 2.05) is 22.8 Å². The minimum Gasteiger partial charge on any atom is -0.366 e. The molecule has 2 aromatic rings. The summed E-state index contributed by atoms with van der Waals surface area (Å²) in [5.74, 6) is -0.468. The third kappa shape index (κ3) is 4.84. The lowest BCUT2D eigenvalue weighted by atomic mass is 9.96. The molecule has 2 saturated heterocycles. The second kappa shape index (κ2) is 10.1. The monoisotopic (exact) mass is 528 g/mol. The number of hydrogen-bond acceptors (Lipinski definition) is 5. The molecule has 2 amide bonds. The van der Waals surface area contributed by atoms with E-state index >= 15 is 0 Å². The smallest absolute Gasteiger partial charge is 0.243 e. The number of anilines is 2. The summed E-state index contributed by atoms with van der Waals surface area (Å²) in [6.45, 7) is 6.24. The molecule has 5 rings (SSSR count). The Morgan fingerprint density at radius 1 is 0.919 bits per heavy atom. The maximum atomic E-state index is 14.1. The summed E-state index contributed by atoms with van der Waals surface area (Å²) >= 11 is 0. The van der Waals surface area contributed by atoms with E-state index in [9.17, 15) is 22.4 Å². The van der Waals surface area contributed by atoms with Gasteiger partial charge in [-0.1, -0.05) is 12.1 Å². The van der Waals surface area contributed by atoms with Crippen LogP contribution in [-0.2, 0) is 26.0 Å². The van der Waals surface area contributed by atoms with Crippen LogP contribution in [0.4, 0.5) is 15.8 Å². The zero-order valence-corrected chi connectivity index (χ0v) is 22.1. The van der Waals surface area contributed by atoms with Gasteiger partial charge in [0.05, 0.1) is 10.6 Å². The molecule has 2 fully saturated rings. The number of hydrogen-bond donors (Lipinski definition) is 0. The number of piperidine rings is 1. The Bertz CT molecular complexity index is 1300. The van der Waals surface area contributed by atoms with Crippen molar-refractivity contribution in [3.8, 4) is 0 Å². The fourth-order valence-electron chi connectivity index (χ4n) is 5.87. The highest BCUT2D eigenvalue weighted by Crippen LogP contribution is 2.35. The molecule has 0 spiro atoms. The minimum atomic E-state index is -3.69. The quantitative estimate of drug-likeness (QED) is 0.610. The first-order valence-electron chi connectivity index (χ1n) is 12.9. The normalized spacial score (nSPS) is 21.3. The SMILES string of the molecule is CC(=O)N1c2ccc(S(=O)(=O)N3CCC(C(=O)N4CCN(c5ccccc5F)CC4)CC3)cc2C[C@H]1C. The van der Waals surface area contributed by atoms with E-state index in [1.54, 1.807) is 35.2 Å². The van der Waals surface area contributed by atoms with Crippen molar-refractivity contribution in [2.75, 3.05) is 49.1 Å². The Morgan fingerprint density at radius 3 is 2.24 bits per heavy atom. The summed E-state index contributed by atoms with van der Waals surface area (Å²) in [5.41, 5.74) is 2.20. The van der Waals surface area contributed by atoms with Gasteiger partial charge >= 0.3 is 0 Å². The van der Waals surface area contributed by atoms with Crippen molar-refractivity contribution in [1.29, 1.82) is 0 Å². The Kier molecular flexibility index (Phi) is 6.97. The number of nitrogens with zero attached hydrogens (tertiary/aromatic N) is 4. The number of halogens is 1. The maximum absolute atomic E-state index is 14.1. The molecule has 0 bridgehead atoms. The Hall–Kier alpha value is -2.98. The number of sulfonamides is 1. The number of fused-ring (bicyclic) bond motifs is 1. The molecule has 8 nitrogen and oxygen atoms in total. The van der Waals surface area contributed by atoms with Crippen molar-refractivity contribution in [3.05, 3.63) is 53.8 Å². The van der Waals surface area contributed by atoms with Gasteiger partial charge < -0.3 is 14.7 Å². The highest BCUT2D eigenvalue weighted by molar-refractivity contribution is 7.89. The molecular formula is C27H33FN4O4S. The second-order valence-corrected chi connectivity index (χ2v) is 12.1. The van der Waals surface area contributed by atoms with Crippen LogP contribution in [-0.4, -0.2) is 74.7 Å². The highest BCUT2D eigenvalue weighted by atomic mass is 32.2. The summed E-state index contributed by atoms with van der Waals surface area (Å²) in [6.07, 6.45) is 1.58. The first kappa shape index (κ1) is 25.7. The lowest BCUT2D eigenvalue weighted by molar-refractivity contribution is -0.137. The van der Waals surface area contributed by atoms with Gasteiger partial charge in [0.25, 0.3) is 0 Å². The third-order valence-electron chi connectivity index (χ3n) is 7.83. The van der Waals surface area contributed by atoms with Crippen LogP contribution in [0, 0.1) is 11.7 Å². The molecule has 0 N–H and O–H groups in total. The highest BCUT2D eigenvalue weighted by Gasteiger charge is 2.36. The van der Waals surface area contributed by atoms with Crippen molar-refractivity contribution in [3.63, 3.8) is 0 Å². The number of amides is 2. The van der Waals surface area contributed by atoms with Crippen LogP contribution < -0.4 is 9.80 Å². The molecular weight excluding hydrogens is 495 g/mol. The molecule has 0 aromatic heterocycles. The fourth-order valence-corrected chi connectivity index (χ4v) is 7.39. The lowest BCUT2D eigenvalue weighted by Gasteiger charge is -2.39. The average molecular weight is 529 g/mol. The molecule has 3 aliphatic heterocycles. The summed E-state index contributed by atoms with van der Waals surface area (Å²) < 4.78 is 42.3. The van der Waals surface area contributed by atoms with Gasteiger partial charge in [0, 0.05) is 63.8 Å². The van der Waals surface area contributed by atoms with Crippen molar-refractivity contribution in [2.45, 2.75) is 44.0 Å². The fraction of sp³-hybridized carbons (Fsp3) is 0.481. The molecule has 2 aromatic carbocycles. The number of benzene rings is 2. The van der Waals surface area contributed by atoms with Crippen molar-refractivity contribution < 1.29 is 22.4 Å². The lowest BCUT2D eigenvalue weighted by Crippen LogP contribution is -2.52. The molecule has 10 heteroatoms. The summed E-state index contributed by atoms with van der Waals surface area (Å²) in [5, 5.41) is 0. The van der Waals surface area contributed by atoms with E-state index in [1.165, 1.54) is 17.3 Å². The van der Waals surface area contributed by atoms with Gasteiger partial charge in [-0.25, -0.2) is 12.8 Å². The van der Waals surface area contributed by atoms with E-state index in [0.717, 1.165) is 11.3 Å². The average Bonchev–Trinajstić information content (AvgIpc) is 3.24. The Balaban J connectivity index is 1.18. The van der Waals surface area contributed by atoms with Gasteiger partial charge in [0.1, 0.15) is 5.82 Å². The second-order valence-electron chi connectivity index (χ2n) is 10.2. The predicted molar refractivity (Wildman–Crippen MR) is 139 cm³/mol. The largest absolute Gasteiger partial charge is 0.366 e. The molecule has 0 saturated carbocycles. The van der Waals surface area contributed by atoms with Crippen molar-refractivity contribution >= 4 is 33.2 Å². The number of carbonyl (C=O) groups is 2. The van der Waals surface area contributed by atoms with Gasteiger partial charge in [-0.3, -0.25) is 9.59 Å². The Labute approximate surface area is 217 Å². The van der Waals surface area contributed by atoms with Gasteiger partial charge in [-0.05, 0) is 62.1 Å². The first-order valence-corrected chi connectivity index (χ1v) is 14.3. The zero-order chi connectivity index (χ0) is 26.3. The van der Waals surface area contributed by atoms with Crippen LogP contribution in [0.1, 0.15) is 32.3 Å². The minimum absolute atomic E-state index is 0.000735. The molecule has 3 aliphatic rings. The molecule has 3 heterocycles. The van der Waals surface area contributed by atoms with Crippen LogP contribution in [0.3, 0.4) is 0 Å². The predicted octanol–water partition coefficient (Wildman–Crippen LogP) is 2.87. The van der Waals surface area contributed by atoms with Crippen LogP contribution in [0.25, 0.3) is 0 Å². The summed E-state index contributed by atoms with van der Waals surface area (Å²) in [7, 11) is -3.69. The van der Waals surface area contributed by atoms with Crippen LogP contribution in [0.2, 0.25) is 0 Å². The molecule has 0 aliphatic carbocycles. The van der Waals surface area contributed by atoms with Crippen molar-refractivity contribution in [2.24, 2.45) is 5.92 Å².